The second-order valence-electron chi connectivity index (χ2n) is 3.70. The van der Waals surface area contributed by atoms with E-state index in [1.54, 1.807) is 12.4 Å². The minimum absolute atomic E-state index is 0.674. The molecule has 0 aliphatic rings. The Morgan fingerprint density at radius 3 is 2.88 bits per heavy atom. The third-order valence-electron chi connectivity index (χ3n) is 2.57. The fourth-order valence-electron chi connectivity index (χ4n) is 1.72. The van der Waals surface area contributed by atoms with Gasteiger partial charge in [0.2, 0.25) is 0 Å². The Morgan fingerprint density at radius 1 is 1.38 bits per heavy atom. The van der Waals surface area contributed by atoms with Crippen molar-refractivity contribution in [2.45, 2.75) is 26.5 Å². The number of pyridine rings is 1. The Bertz CT molecular complexity index is 479. The summed E-state index contributed by atoms with van der Waals surface area (Å²) < 4.78 is 1.93. The van der Waals surface area contributed by atoms with E-state index in [1.165, 1.54) is 0 Å². The molecule has 16 heavy (non-hydrogen) atoms. The molecule has 0 fully saturated rings. The lowest BCUT2D eigenvalue weighted by Crippen LogP contribution is -2.09. The third kappa shape index (κ3) is 1.97. The lowest BCUT2D eigenvalue weighted by molar-refractivity contribution is 0.204. The summed E-state index contributed by atoms with van der Waals surface area (Å²) in [4.78, 5) is 8.29. The van der Waals surface area contributed by atoms with Crippen molar-refractivity contribution in [2.24, 2.45) is 0 Å². The number of aliphatic hydroxyl groups is 1. The van der Waals surface area contributed by atoms with Gasteiger partial charge in [-0.25, -0.2) is 4.98 Å². The summed E-state index contributed by atoms with van der Waals surface area (Å²) in [6.45, 7) is 4.73. The first kappa shape index (κ1) is 10.8. The predicted octanol–water partition coefficient (Wildman–Crippen LogP) is 1.69. The minimum atomic E-state index is -0.684. The van der Waals surface area contributed by atoms with E-state index in [0.717, 1.165) is 17.8 Å². The van der Waals surface area contributed by atoms with Crippen molar-refractivity contribution in [3.63, 3.8) is 0 Å². The predicted molar refractivity (Wildman–Crippen MR) is 60.9 cm³/mol. The first-order valence-electron chi connectivity index (χ1n) is 5.34. The van der Waals surface area contributed by atoms with Crippen LogP contribution in [0.2, 0.25) is 0 Å². The van der Waals surface area contributed by atoms with Crippen LogP contribution >= 0.6 is 0 Å². The van der Waals surface area contributed by atoms with Crippen LogP contribution < -0.4 is 0 Å². The van der Waals surface area contributed by atoms with Crippen molar-refractivity contribution < 1.29 is 5.11 Å². The first-order chi connectivity index (χ1) is 7.72. The summed E-state index contributed by atoms with van der Waals surface area (Å²) in [5.41, 5.74) is 1.72. The molecule has 0 bridgehead atoms. The molecule has 4 nitrogen and oxygen atoms in total. The van der Waals surface area contributed by atoms with Gasteiger partial charge in [-0.3, -0.25) is 4.98 Å². The number of rotatable bonds is 3. The number of aliphatic hydroxyl groups excluding tert-OH is 1. The Kier molecular flexibility index (Phi) is 3.01. The smallest absolute Gasteiger partial charge is 0.142 e. The average molecular weight is 217 g/mol. The molecule has 0 spiro atoms. The number of aromatic nitrogens is 3. The summed E-state index contributed by atoms with van der Waals surface area (Å²) >= 11 is 0. The van der Waals surface area contributed by atoms with Crippen LogP contribution in [0.15, 0.2) is 30.7 Å². The van der Waals surface area contributed by atoms with Gasteiger partial charge in [0.1, 0.15) is 11.9 Å². The molecule has 1 N–H and O–H groups in total. The molecule has 0 aliphatic heterocycles. The molecule has 0 aromatic carbocycles. The molecule has 2 heterocycles. The van der Waals surface area contributed by atoms with Gasteiger partial charge in [0.15, 0.2) is 0 Å². The highest BCUT2D eigenvalue weighted by Gasteiger charge is 2.15. The summed E-state index contributed by atoms with van der Waals surface area (Å²) in [5.74, 6) is 0.674. The standard InChI is InChI=1S/C12H15N3O/c1-3-15-7-6-14-12(15)11(16)10-4-5-13-9(2)8-10/h4-8,11,16H,3H2,1-2H3. The molecule has 2 rings (SSSR count). The lowest BCUT2D eigenvalue weighted by Gasteiger charge is -2.12. The average Bonchev–Trinajstić information content (AvgIpc) is 2.76. The van der Waals surface area contributed by atoms with Gasteiger partial charge in [-0.15, -0.1) is 0 Å². The molecular formula is C12H15N3O. The summed E-state index contributed by atoms with van der Waals surface area (Å²) in [5, 5.41) is 10.2. The number of aryl methyl sites for hydroxylation is 2. The van der Waals surface area contributed by atoms with Gasteiger partial charge in [0.25, 0.3) is 0 Å². The fourth-order valence-corrected chi connectivity index (χ4v) is 1.72. The van der Waals surface area contributed by atoms with E-state index in [9.17, 15) is 5.11 Å². The van der Waals surface area contributed by atoms with Crippen molar-refractivity contribution in [3.8, 4) is 0 Å². The second-order valence-corrected chi connectivity index (χ2v) is 3.70. The van der Waals surface area contributed by atoms with Gasteiger partial charge < -0.3 is 9.67 Å². The maximum Gasteiger partial charge on any atom is 0.142 e. The van der Waals surface area contributed by atoms with Crippen LogP contribution in [0.1, 0.15) is 30.1 Å². The lowest BCUT2D eigenvalue weighted by atomic mass is 10.1. The monoisotopic (exact) mass is 217 g/mol. The zero-order chi connectivity index (χ0) is 11.5. The summed E-state index contributed by atoms with van der Waals surface area (Å²) in [6, 6.07) is 3.69. The third-order valence-corrected chi connectivity index (χ3v) is 2.57. The number of nitrogens with zero attached hydrogens (tertiary/aromatic N) is 3. The Labute approximate surface area is 94.6 Å². The van der Waals surface area contributed by atoms with Gasteiger partial charge in [0, 0.05) is 30.8 Å². The van der Waals surface area contributed by atoms with Crippen LogP contribution in [0.25, 0.3) is 0 Å². The van der Waals surface area contributed by atoms with Crippen molar-refractivity contribution in [3.05, 3.63) is 47.8 Å². The van der Waals surface area contributed by atoms with E-state index in [1.807, 2.05) is 36.7 Å². The molecule has 84 valence electrons. The van der Waals surface area contributed by atoms with Crippen molar-refractivity contribution in [2.75, 3.05) is 0 Å². The minimum Gasteiger partial charge on any atom is -0.380 e. The molecule has 1 atom stereocenters. The van der Waals surface area contributed by atoms with Crippen molar-refractivity contribution >= 4 is 0 Å². The fraction of sp³-hybridized carbons (Fsp3) is 0.333. The van der Waals surface area contributed by atoms with Crippen LogP contribution in [0.3, 0.4) is 0 Å². The molecule has 2 aromatic heterocycles. The maximum atomic E-state index is 10.2. The molecular weight excluding hydrogens is 202 g/mol. The van der Waals surface area contributed by atoms with Gasteiger partial charge >= 0.3 is 0 Å². The molecule has 1 unspecified atom stereocenters. The van der Waals surface area contributed by atoms with E-state index in [2.05, 4.69) is 9.97 Å². The first-order valence-corrected chi connectivity index (χ1v) is 5.34. The van der Waals surface area contributed by atoms with Gasteiger partial charge in [-0.1, -0.05) is 0 Å². The van der Waals surface area contributed by atoms with E-state index in [4.69, 9.17) is 0 Å². The maximum absolute atomic E-state index is 10.2. The molecule has 0 amide bonds. The highest BCUT2D eigenvalue weighted by atomic mass is 16.3. The normalized spacial score (nSPS) is 12.7. The van der Waals surface area contributed by atoms with Crippen LogP contribution in [-0.4, -0.2) is 19.6 Å². The van der Waals surface area contributed by atoms with Crippen LogP contribution in [-0.2, 0) is 6.54 Å². The zero-order valence-electron chi connectivity index (χ0n) is 9.46. The Balaban J connectivity index is 2.35. The van der Waals surface area contributed by atoms with Crippen LogP contribution in [0.4, 0.5) is 0 Å². The molecule has 2 aromatic rings. The summed E-state index contributed by atoms with van der Waals surface area (Å²) in [6.07, 6.45) is 4.59. The molecule has 0 radical (unpaired) electrons. The highest BCUT2D eigenvalue weighted by Crippen LogP contribution is 2.20. The SMILES string of the molecule is CCn1ccnc1C(O)c1ccnc(C)c1. The number of imidazole rings is 1. The van der Waals surface area contributed by atoms with Gasteiger partial charge in [-0.2, -0.15) is 0 Å². The zero-order valence-corrected chi connectivity index (χ0v) is 9.46. The quantitative estimate of drug-likeness (QED) is 0.851. The Hall–Kier alpha value is -1.68. The molecule has 0 saturated carbocycles. The molecule has 0 saturated heterocycles. The van der Waals surface area contributed by atoms with E-state index >= 15 is 0 Å². The molecule has 0 aliphatic carbocycles. The van der Waals surface area contributed by atoms with Gasteiger partial charge in [0.05, 0.1) is 0 Å². The summed E-state index contributed by atoms with van der Waals surface area (Å²) in [7, 11) is 0. The number of hydrogen-bond donors (Lipinski definition) is 1. The van der Waals surface area contributed by atoms with Crippen LogP contribution in [0, 0.1) is 6.92 Å². The van der Waals surface area contributed by atoms with Crippen LogP contribution in [0.5, 0.6) is 0 Å². The molecule has 4 heteroatoms. The van der Waals surface area contributed by atoms with E-state index < -0.39 is 6.10 Å². The Morgan fingerprint density at radius 2 is 2.19 bits per heavy atom. The van der Waals surface area contributed by atoms with Crippen molar-refractivity contribution in [1.29, 1.82) is 0 Å². The second kappa shape index (κ2) is 4.45. The van der Waals surface area contributed by atoms with Gasteiger partial charge in [-0.05, 0) is 31.5 Å². The van der Waals surface area contributed by atoms with E-state index in [0.29, 0.717) is 5.82 Å². The number of hydrogen-bond acceptors (Lipinski definition) is 3. The highest BCUT2D eigenvalue weighted by molar-refractivity contribution is 5.23. The topological polar surface area (TPSA) is 50.9 Å². The van der Waals surface area contributed by atoms with E-state index in [-0.39, 0.29) is 0 Å². The largest absolute Gasteiger partial charge is 0.380 e. The van der Waals surface area contributed by atoms with Crippen molar-refractivity contribution in [1.82, 2.24) is 14.5 Å².